The van der Waals surface area contributed by atoms with Gasteiger partial charge in [0.05, 0.1) is 12.7 Å². The minimum Gasteiger partial charge on any atom is -0.441 e. The predicted molar refractivity (Wildman–Crippen MR) is 115 cm³/mol. The lowest BCUT2D eigenvalue weighted by atomic mass is 9.84. The Balaban J connectivity index is 1.28. The van der Waals surface area contributed by atoms with E-state index in [9.17, 15) is 0 Å². The summed E-state index contributed by atoms with van der Waals surface area (Å²) in [5.41, 5.74) is 3.20. The number of thioether (sulfide) groups is 1. The lowest BCUT2D eigenvalue weighted by Crippen LogP contribution is -2.24. The second kappa shape index (κ2) is 9.47. The molecule has 4 rings (SSSR count). The first kappa shape index (κ1) is 20.0. The molecule has 0 radical (unpaired) electrons. The van der Waals surface area contributed by atoms with Gasteiger partial charge in [-0.05, 0) is 57.6 Å². The van der Waals surface area contributed by atoms with Crippen molar-refractivity contribution >= 4 is 11.8 Å². The highest BCUT2D eigenvalue weighted by molar-refractivity contribution is 8.00. The summed E-state index contributed by atoms with van der Waals surface area (Å²) in [7, 11) is 0. The zero-order valence-electron chi connectivity index (χ0n) is 17.1. The molecule has 152 valence electrons. The molecule has 1 aliphatic heterocycles. The number of oxazole rings is 1. The highest BCUT2D eigenvalue weighted by Gasteiger charge is 2.25. The van der Waals surface area contributed by atoms with Crippen molar-refractivity contribution in [3.63, 3.8) is 0 Å². The van der Waals surface area contributed by atoms with Crippen LogP contribution >= 0.6 is 11.8 Å². The van der Waals surface area contributed by atoms with Crippen LogP contribution in [0.15, 0.2) is 28.7 Å². The number of ether oxygens (including phenoxy) is 1. The third kappa shape index (κ3) is 5.19. The van der Waals surface area contributed by atoms with E-state index in [0.717, 1.165) is 34.1 Å². The largest absolute Gasteiger partial charge is 0.441 e. The summed E-state index contributed by atoms with van der Waals surface area (Å²) < 4.78 is 12.2. The molecule has 5 heteroatoms. The molecule has 4 nitrogen and oxygen atoms in total. The number of aryl methyl sites for hydroxylation is 2. The molecule has 1 aromatic carbocycles. The van der Waals surface area contributed by atoms with Gasteiger partial charge in [-0.2, -0.15) is 0 Å². The highest BCUT2D eigenvalue weighted by atomic mass is 32.2. The number of aromatic nitrogens is 1. The molecule has 0 amide bonds. The summed E-state index contributed by atoms with van der Waals surface area (Å²) >= 11 is 2.08. The van der Waals surface area contributed by atoms with E-state index >= 15 is 0 Å². The van der Waals surface area contributed by atoms with Crippen molar-refractivity contribution in [3.8, 4) is 11.5 Å². The van der Waals surface area contributed by atoms with Crippen LogP contribution in [0, 0.1) is 19.8 Å². The Labute approximate surface area is 172 Å². The molecular weight excluding hydrogens is 368 g/mol. The maximum Gasteiger partial charge on any atom is 0.226 e. The number of rotatable bonds is 7. The van der Waals surface area contributed by atoms with Crippen LogP contribution in [0.2, 0.25) is 0 Å². The monoisotopic (exact) mass is 400 g/mol. The van der Waals surface area contributed by atoms with Crippen LogP contribution in [-0.2, 0) is 11.3 Å². The molecule has 2 aliphatic rings. The van der Waals surface area contributed by atoms with E-state index in [1.54, 1.807) is 0 Å². The molecule has 3 atom stereocenters. The molecule has 1 unspecified atom stereocenters. The molecule has 1 saturated carbocycles. The fourth-order valence-electron chi connectivity index (χ4n) is 4.30. The summed E-state index contributed by atoms with van der Waals surface area (Å²) in [6.07, 6.45) is 8.09. The minimum atomic E-state index is 0.368. The van der Waals surface area contributed by atoms with Crippen molar-refractivity contribution in [2.45, 2.75) is 70.3 Å². The van der Waals surface area contributed by atoms with Crippen LogP contribution in [0.1, 0.15) is 55.5 Å². The maximum atomic E-state index is 6.28. The van der Waals surface area contributed by atoms with Gasteiger partial charge in [0, 0.05) is 23.2 Å². The Bertz CT molecular complexity index is 752. The summed E-state index contributed by atoms with van der Waals surface area (Å²) in [5, 5.41) is 4.27. The Morgan fingerprint density at radius 3 is 2.82 bits per heavy atom. The fraction of sp³-hybridized carbons (Fsp3) is 0.609. The average molecular weight is 401 g/mol. The van der Waals surface area contributed by atoms with Crippen LogP contribution in [0.4, 0.5) is 0 Å². The van der Waals surface area contributed by atoms with Gasteiger partial charge in [0.15, 0.2) is 0 Å². The summed E-state index contributed by atoms with van der Waals surface area (Å²) in [6, 6.07) is 8.31. The fourth-order valence-corrected chi connectivity index (χ4v) is 5.31. The number of hydrogen-bond donors (Lipinski definition) is 1. The standard InChI is InChI=1S/C23H32N2O2S/c1-16-6-9-19(10-7-16)23-25-22(17(2)27-23)14-26-20-5-3-4-18(12-20)8-11-21-13-24-15-28-21/h6-7,9-10,18,20-21,24H,3-5,8,11-15H2,1-2H3/t18-,20-,21?/m1/s1. The van der Waals surface area contributed by atoms with Gasteiger partial charge in [-0.25, -0.2) is 4.98 Å². The first-order valence-electron chi connectivity index (χ1n) is 10.6. The molecule has 1 aromatic heterocycles. The second-order valence-electron chi connectivity index (χ2n) is 8.32. The molecule has 1 N–H and O–H groups in total. The molecule has 28 heavy (non-hydrogen) atoms. The van der Waals surface area contributed by atoms with Gasteiger partial charge in [0.25, 0.3) is 0 Å². The Morgan fingerprint density at radius 2 is 2.04 bits per heavy atom. The highest BCUT2D eigenvalue weighted by Crippen LogP contribution is 2.33. The molecule has 2 heterocycles. The van der Waals surface area contributed by atoms with E-state index in [1.807, 2.05) is 6.92 Å². The number of nitrogens with zero attached hydrogens (tertiary/aromatic N) is 1. The van der Waals surface area contributed by atoms with Gasteiger partial charge in [0.1, 0.15) is 11.5 Å². The molecule has 1 saturated heterocycles. The van der Waals surface area contributed by atoms with Gasteiger partial charge in [0.2, 0.25) is 5.89 Å². The summed E-state index contributed by atoms with van der Waals surface area (Å²) in [6.45, 7) is 5.82. The maximum absolute atomic E-state index is 6.28. The van der Waals surface area contributed by atoms with Crippen molar-refractivity contribution in [3.05, 3.63) is 41.3 Å². The molecular formula is C23H32N2O2S. The first-order valence-corrected chi connectivity index (χ1v) is 11.7. The average Bonchev–Trinajstić information content (AvgIpc) is 3.35. The number of nitrogens with one attached hydrogen (secondary N) is 1. The molecule has 0 bridgehead atoms. The number of benzene rings is 1. The van der Waals surface area contributed by atoms with Gasteiger partial charge in [-0.3, -0.25) is 0 Å². The van der Waals surface area contributed by atoms with E-state index in [0.29, 0.717) is 18.6 Å². The summed E-state index contributed by atoms with van der Waals surface area (Å²) in [4.78, 5) is 4.70. The Hall–Kier alpha value is -1.30. The van der Waals surface area contributed by atoms with Crippen molar-refractivity contribution in [2.75, 3.05) is 12.4 Å². The minimum absolute atomic E-state index is 0.368. The normalized spacial score (nSPS) is 25.3. The topological polar surface area (TPSA) is 47.3 Å². The van der Waals surface area contributed by atoms with E-state index in [1.165, 1.54) is 50.6 Å². The van der Waals surface area contributed by atoms with Crippen LogP contribution < -0.4 is 5.32 Å². The SMILES string of the molecule is Cc1ccc(-c2nc(CO[C@@H]3CCC[C@H](CCC4CNCS4)C3)c(C)o2)cc1. The zero-order valence-corrected chi connectivity index (χ0v) is 17.9. The third-order valence-electron chi connectivity index (χ3n) is 6.07. The van der Waals surface area contributed by atoms with E-state index < -0.39 is 0 Å². The van der Waals surface area contributed by atoms with Crippen LogP contribution in [0.3, 0.4) is 0 Å². The lowest BCUT2D eigenvalue weighted by Gasteiger charge is -2.29. The predicted octanol–water partition coefficient (Wildman–Crippen LogP) is 5.48. The van der Waals surface area contributed by atoms with Crippen molar-refractivity contribution in [1.29, 1.82) is 0 Å². The molecule has 2 fully saturated rings. The Morgan fingerprint density at radius 1 is 1.18 bits per heavy atom. The summed E-state index contributed by atoms with van der Waals surface area (Å²) in [5.74, 6) is 3.51. The van der Waals surface area contributed by atoms with Crippen LogP contribution in [0.25, 0.3) is 11.5 Å². The van der Waals surface area contributed by atoms with Crippen molar-refractivity contribution in [1.82, 2.24) is 10.3 Å². The quantitative estimate of drug-likeness (QED) is 0.667. The van der Waals surface area contributed by atoms with E-state index in [2.05, 4.69) is 48.3 Å². The lowest BCUT2D eigenvalue weighted by molar-refractivity contribution is -0.000781. The third-order valence-corrected chi connectivity index (χ3v) is 7.32. The van der Waals surface area contributed by atoms with Gasteiger partial charge < -0.3 is 14.5 Å². The molecule has 1 aliphatic carbocycles. The van der Waals surface area contributed by atoms with Crippen LogP contribution in [0.5, 0.6) is 0 Å². The second-order valence-corrected chi connectivity index (χ2v) is 9.61. The zero-order chi connectivity index (χ0) is 19.3. The van der Waals surface area contributed by atoms with Gasteiger partial charge >= 0.3 is 0 Å². The number of hydrogen-bond acceptors (Lipinski definition) is 5. The Kier molecular flexibility index (Phi) is 6.76. The van der Waals surface area contributed by atoms with E-state index in [-0.39, 0.29) is 0 Å². The van der Waals surface area contributed by atoms with Gasteiger partial charge in [-0.1, -0.05) is 30.5 Å². The van der Waals surface area contributed by atoms with Gasteiger partial charge in [-0.15, -0.1) is 11.8 Å². The van der Waals surface area contributed by atoms with Crippen molar-refractivity contribution in [2.24, 2.45) is 5.92 Å². The molecule has 0 spiro atoms. The molecule has 2 aromatic rings. The smallest absolute Gasteiger partial charge is 0.226 e. The first-order chi connectivity index (χ1) is 13.7. The van der Waals surface area contributed by atoms with Crippen LogP contribution in [-0.4, -0.2) is 28.8 Å². The van der Waals surface area contributed by atoms with E-state index in [4.69, 9.17) is 14.1 Å². The van der Waals surface area contributed by atoms with Crippen molar-refractivity contribution < 1.29 is 9.15 Å².